The molecule has 2 aromatic carbocycles. The second-order valence-electron chi connectivity index (χ2n) is 5.24. The molecule has 24 heavy (non-hydrogen) atoms. The van der Waals surface area contributed by atoms with E-state index in [0.29, 0.717) is 10.6 Å². The van der Waals surface area contributed by atoms with Gasteiger partial charge in [0, 0.05) is 16.8 Å². The van der Waals surface area contributed by atoms with E-state index in [1.165, 1.54) is 11.8 Å². The zero-order valence-electron chi connectivity index (χ0n) is 13.4. The van der Waals surface area contributed by atoms with Gasteiger partial charge in [0.15, 0.2) is 0 Å². The van der Waals surface area contributed by atoms with Gasteiger partial charge in [0.25, 0.3) is 5.91 Å². The van der Waals surface area contributed by atoms with Crippen molar-refractivity contribution in [1.82, 2.24) is 4.98 Å². The quantitative estimate of drug-likeness (QED) is 0.710. The molecule has 120 valence electrons. The first kappa shape index (κ1) is 16.3. The molecule has 1 heterocycles. The summed E-state index contributed by atoms with van der Waals surface area (Å²) in [5.41, 5.74) is 2.55. The number of para-hydroxylation sites is 1. The van der Waals surface area contributed by atoms with E-state index < -0.39 is 0 Å². The van der Waals surface area contributed by atoms with E-state index in [4.69, 9.17) is 0 Å². The average Bonchev–Trinajstić information content (AvgIpc) is 2.63. The maximum atomic E-state index is 12.7. The van der Waals surface area contributed by atoms with Gasteiger partial charge >= 0.3 is 0 Å². The molecule has 0 bridgehead atoms. The van der Waals surface area contributed by atoms with E-state index in [1.54, 1.807) is 12.3 Å². The Kier molecular flexibility index (Phi) is 5.29. The largest absolute Gasteiger partial charge is 0.322 e. The number of aromatic nitrogens is 1. The third-order valence-corrected chi connectivity index (χ3v) is 4.65. The summed E-state index contributed by atoms with van der Waals surface area (Å²) < 4.78 is 0. The fourth-order valence-corrected chi connectivity index (χ4v) is 3.29. The minimum atomic E-state index is -0.137. The minimum absolute atomic E-state index is 0.137. The van der Waals surface area contributed by atoms with Crippen LogP contribution in [0.2, 0.25) is 0 Å². The maximum Gasteiger partial charge on any atom is 0.258 e. The second-order valence-corrected chi connectivity index (χ2v) is 6.30. The summed E-state index contributed by atoms with van der Waals surface area (Å²) in [6.45, 7) is 2.08. The smallest absolute Gasteiger partial charge is 0.258 e. The Morgan fingerprint density at radius 2 is 1.75 bits per heavy atom. The summed E-state index contributed by atoms with van der Waals surface area (Å²) in [6.07, 6.45) is 2.58. The number of carbonyl (C=O) groups excluding carboxylic acids is 1. The van der Waals surface area contributed by atoms with Gasteiger partial charge in [-0.2, -0.15) is 0 Å². The standard InChI is InChI=1S/C20H18N2OS/c1-2-15-9-6-7-13-18(15)22-19(23)17-12-8-14-21-20(17)24-16-10-4-3-5-11-16/h3-14H,2H2,1H3,(H,22,23). The van der Waals surface area contributed by atoms with E-state index >= 15 is 0 Å². The SMILES string of the molecule is CCc1ccccc1NC(=O)c1cccnc1Sc1ccccc1. The highest BCUT2D eigenvalue weighted by atomic mass is 32.2. The Labute approximate surface area is 146 Å². The molecule has 0 unspecified atom stereocenters. The van der Waals surface area contributed by atoms with Crippen molar-refractivity contribution in [2.45, 2.75) is 23.3 Å². The van der Waals surface area contributed by atoms with Gasteiger partial charge in [-0.05, 0) is 42.3 Å². The third kappa shape index (κ3) is 3.84. The first-order chi connectivity index (χ1) is 11.8. The van der Waals surface area contributed by atoms with Crippen LogP contribution in [0.15, 0.2) is 82.8 Å². The highest BCUT2D eigenvalue weighted by Gasteiger charge is 2.14. The third-order valence-electron chi connectivity index (χ3n) is 3.62. The molecule has 1 N–H and O–H groups in total. The summed E-state index contributed by atoms with van der Waals surface area (Å²) in [5.74, 6) is -0.137. The lowest BCUT2D eigenvalue weighted by Gasteiger charge is -2.11. The number of benzene rings is 2. The van der Waals surface area contributed by atoms with Crippen LogP contribution in [-0.2, 0) is 6.42 Å². The molecule has 0 saturated heterocycles. The molecule has 0 radical (unpaired) electrons. The van der Waals surface area contributed by atoms with Gasteiger partial charge in [-0.1, -0.05) is 55.1 Å². The fourth-order valence-electron chi connectivity index (χ4n) is 2.39. The van der Waals surface area contributed by atoms with Crippen molar-refractivity contribution in [3.8, 4) is 0 Å². The van der Waals surface area contributed by atoms with Crippen LogP contribution >= 0.6 is 11.8 Å². The molecule has 0 saturated carbocycles. The average molecular weight is 334 g/mol. The Balaban J connectivity index is 1.85. The highest BCUT2D eigenvalue weighted by Crippen LogP contribution is 2.29. The van der Waals surface area contributed by atoms with Crippen molar-refractivity contribution in [1.29, 1.82) is 0 Å². The number of hydrogen-bond donors (Lipinski definition) is 1. The van der Waals surface area contributed by atoms with E-state index in [0.717, 1.165) is 22.6 Å². The van der Waals surface area contributed by atoms with Gasteiger partial charge in [0.1, 0.15) is 5.03 Å². The number of nitrogens with zero attached hydrogens (tertiary/aromatic N) is 1. The molecule has 3 rings (SSSR count). The van der Waals surface area contributed by atoms with Gasteiger partial charge < -0.3 is 5.32 Å². The van der Waals surface area contributed by atoms with Crippen molar-refractivity contribution in [2.75, 3.05) is 5.32 Å². The summed E-state index contributed by atoms with van der Waals surface area (Å²) in [6, 6.07) is 21.4. The summed E-state index contributed by atoms with van der Waals surface area (Å²) >= 11 is 1.49. The molecule has 4 heteroatoms. The van der Waals surface area contributed by atoms with Crippen LogP contribution in [0.5, 0.6) is 0 Å². The van der Waals surface area contributed by atoms with Gasteiger partial charge in [0.05, 0.1) is 5.56 Å². The van der Waals surface area contributed by atoms with Gasteiger partial charge in [-0.25, -0.2) is 4.98 Å². The minimum Gasteiger partial charge on any atom is -0.322 e. The van der Waals surface area contributed by atoms with Crippen LogP contribution in [0.3, 0.4) is 0 Å². The molecule has 1 aromatic heterocycles. The lowest BCUT2D eigenvalue weighted by molar-refractivity contribution is 0.102. The molecule has 0 aliphatic heterocycles. The molecule has 3 nitrogen and oxygen atoms in total. The fraction of sp³-hybridized carbons (Fsp3) is 0.100. The Morgan fingerprint density at radius 3 is 2.54 bits per heavy atom. The van der Waals surface area contributed by atoms with Crippen molar-refractivity contribution < 1.29 is 4.79 Å². The first-order valence-corrected chi connectivity index (χ1v) is 8.66. The van der Waals surface area contributed by atoms with Gasteiger partial charge in [-0.3, -0.25) is 4.79 Å². The number of carbonyl (C=O) groups is 1. The van der Waals surface area contributed by atoms with Crippen molar-refractivity contribution in [3.63, 3.8) is 0 Å². The molecule has 0 atom stereocenters. The number of hydrogen-bond acceptors (Lipinski definition) is 3. The highest BCUT2D eigenvalue weighted by molar-refractivity contribution is 7.99. The lowest BCUT2D eigenvalue weighted by atomic mass is 10.1. The summed E-state index contributed by atoms with van der Waals surface area (Å²) in [4.78, 5) is 18.2. The number of aryl methyl sites for hydroxylation is 1. The number of anilines is 1. The van der Waals surface area contributed by atoms with Crippen LogP contribution < -0.4 is 5.32 Å². The van der Waals surface area contributed by atoms with E-state index in [9.17, 15) is 4.79 Å². The molecule has 0 fully saturated rings. The zero-order chi connectivity index (χ0) is 16.8. The predicted octanol–water partition coefficient (Wildman–Crippen LogP) is 5.05. The van der Waals surface area contributed by atoms with E-state index in [-0.39, 0.29) is 5.91 Å². The van der Waals surface area contributed by atoms with E-state index in [2.05, 4.69) is 17.2 Å². The van der Waals surface area contributed by atoms with Crippen LogP contribution in [0, 0.1) is 0 Å². The van der Waals surface area contributed by atoms with Crippen LogP contribution in [0.4, 0.5) is 5.69 Å². The maximum absolute atomic E-state index is 12.7. The normalized spacial score (nSPS) is 10.4. The van der Waals surface area contributed by atoms with Gasteiger partial charge in [-0.15, -0.1) is 0 Å². The van der Waals surface area contributed by atoms with Crippen molar-refractivity contribution in [2.24, 2.45) is 0 Å². The van der Waals surface area contributed by atoms with E-state index in [1.807, 2.05) is 60.7 Å². The molecule has 0 aliphatic carbocycles. The number of rotatable bonds is 5. The van der Waals surface area contributed by atoms with Crippen molar-refractivity contribution in [3.05, 3.63) is 84.1 Å². The number of pyridine rings is 1. The summed E-state index contributed by atoms with van der Waals surface area (Å²) in [5, 5.41) is 3.72. The topological polar surface area (TPSA) is 42.0 Å². The molecular formula is C20H18N2OS. The lowest BCUT2D eigenvalue weighted by Crippen LogP contribution is -2.14. The monoisotopic (exact) mass is 334 g/mol. The Morgan fingerprint density at radius 1 is 1.00 bits per heavy atom. The molecule has 0 aliphatic rings. The molecule has 0 spiro atoms. The zero-order valence-corrected chi connectivity index (χ0v) is 14.2. The van der Waals surface area contributed by atoms with Crippen molar-refractivity contribution >= 4 is 23.4 Å². The predicted molar refractivity (Wildman–Crippen MR) is 98.6 cm³/mol. The Hall–Kier alpha value is -2.59. The van der Waals surface area contributed by atoms with Gasteiger partial charge in [0.2, 0.25) is 0 Å². The first-order valence-electron chi connectivity index (χ1n) is 7.85. The summed E-state index contributed by atoms with van der Waals surface area (Å²) in [7, 11) is 0. The second kappa shape index (κ2) is 7.79. The molecular weight excluding hydrogens is 316 g/mol. The molecule has 1 amide bonds. The number of amides is 1. The van der Waals surface area contributed by atoms with Crippen LogP contribution in [0.1, 0.15) is 22.8 Å². The number of nitrogens with one attached hydrogen (secondary N) is 1. The molecule has 3 aromatic rings. The van der Waals surface area contributed by atoms with Crippen LogP contribution in [-0.4, -0.2) is 10.9 Å². The van der Waals surface area contributed by atoms with Crippen LogP contribution in [0.25, 0.3) is 0 Å². The Bertz CT molecular complexity index is 834.